The number of epoxide rings is 1. The van der Waals surface area contributed by atoms with E-state index >= 15 is 0 Å². The van der Waals surface area contributed by atoms with Gasteiger partial charge in [-0.2, -0.15) is 0 Å². The van der Waals surface area contributed by atoms with Crippen LogP contribution in [0.2, 0.25) is 0 Å². The molecule has 1 fully saturated rings. The number of hydrogen-bond donors (Lipinski definition) is 1. The Balaban J connectivity index is 2.23. The van der Waals surface area contributed by atoms with Gasteiger partial charge in [0, 0.05) is 17.5 Å². The zero-order chi connectivity index (χ0) is 12.7. The minimum absolute atomic E-state index is 0.228. The summed E-state index contributed by atoms with van der Waals surface area (Å²) in [7, 11) is 0. The molecule has 0 saturated carbocycles. The molecule has 17 heavy (non-hydrogen) atoms. The van der Waals surface area contributed by atoms with Crippen molar-refractivity contribution in [2.75, 3.05) is 13.2 Å². The van der Waals surface area contributed by atoms with Crippen molar-refractivity contribution in [3.8, 4) is 0 Å². The van der Waals surface area contributed by atoms with Crippen LogP contribution < -0.4 is 0 Å². The van der Waals surface area contributed by atoms with Gasteiger partial charge in [-0.05, 0) is 25.0 Å². The Hall–Kier alpha value is -1.56. The maximum absolute atomic E-state index is 11.0. The summed E-state index contributed by atoms with van der Waals surface area (Å²) in [5.41, 5.74) is 8.06. The van der Waals surface area contributed by atoms with Gasteiger partial charge in [-0.25, -0.2) is 4.79 Å². The zero-order valence-corrected chi connectivity index (χ0v) is 9.52. The van der Waals surface area contributed by atoms with Crippen LogP contribution in [0, 0.1) is 0 Å². The summed E-state index contributed by atoms with van der Waals surface area (Å²) in [6.07, 6.45) is 1.92. The van der Waals surface area contributed by atoms with Crippen LogP contribution in [0.4, 0.5) is 0 Å². The number of nitrogens with zero attached hydrogens (tertiary/aromatic N) is 3. The summed E-state index contributed by atoms with van der Waals surface area (Å²) in [6, 6.07) is 0. The van der Waals surface area contributed by atoms with E-state index in [9.17, 15) is 9.90 Å². The number of esters is 1. The van der Waals surface area contributed by atoms with E-state index in [0.29, 0.717) is 13.0 Å². The zero-order valence-electron chi connectivity index (χ0n) is 9.52. The molecule has 3 atom stereocenters. The molecule has 1 rings (SSSR count). The summed E-state index contributed by atoms with van der Waals surface area (Å²) in [5.74, 6) is -0.426. The van der Waals surface area contributed by atoms with Crippen molar-refractivity contribution in [1.82, 2.24) is 0 Å². The van der Waals surface area contributed by atoms with Gasteiger partial charge in [-0.1, -0.05) is 5.11 Å². The van der Waals surface area contributed by atoms with Crippen molar-refractivity contribution in [3.05, 3.63) is 22.6 Å². The van der Waals surface area contributed by atoms with Crippen LogP contribution in [0.15, 0.2) is 17.3 Å². The molecule has 0 amide bonds. The smallest absolute Gasteiger partial charge is 0.330 e. The Morgan fingerprint density at radius 1 is 1.76 bits per heavy atom. The maximum Gasteiger partial charge on any atom is 0.330 e. The van der Waals surface area contributed by atoms with Gasteiger partial charge < -0.3 is 14.6 Å². The molecular formula is C10H15N3O4. The lowest BCUT2D eigenvalue weighted by Crippen LogP contribution is -2.17. The third kappa shape index (κ3) is 4.86. The standard InChI is InChI=1S/C10H15N3O4/c1-2-16-9(15)4-3-8-10(17-8)7(14)5-6-12-13-11/h3-4,7-8,10,14H,2,5-6H2,1H3/b4-3+/t7-,8-,10-/m0/s1. The Labute approximate surface area is 98.6 Å². The molecule has 0 radical (unpaired) electrons. The molecule has 0 aromatic rings. The van der Waals surface area contributed by atoms with E-state index in [0.717, 1.165) is 0 Å². The van der Waals surface area contributed by atoms with E-state index < -0.39 is 12.1 Å². The van der Waals surface area contributed by atoms with E-state index in [-0.39, 0.29) is 18.8 Å². The lowest BCUT2D eigenvalue weighted by molar-refractivity contribution is -0.137. The number of carbonyl (C=O) groups is 1. The highest BCUT2D eigenvalue weighted by Gasteiger charge is 2.42. The fraction of sp³-hybridized carbons (Fsp3) is 0.700. The molecule has 1 saturated heterocycles. The second-order valence-electron chi connectivity index (χ2n) is 3.49. The molecule has 1 aliphatic rings. The Bertz CT molecular complexity index is 338. The van der Waals surface area contributed by atoms with Gasteiger partial charge in [0.25, 0.3) is 0 Å². The highest BCUT2D eigenvalue weighted by Crippen LogP contribution is 2.28. The highest BCUT2D eigenvalue weighted by molar-refractivity contribution is 5.82. The largest absolute Gasteiger partial charge is 0.463 e. The number of carbonyl (C=O) groups excluding carboxylic acids is 1. The summed E-state index contributed by atoms with van der Waals surface area (Å²) < 4.78 is 9.85. The first-order valence-electron chi connectivity index (χ1n) is 5.38. The first-order valence-corrected chi connectivity index (χ1v) is 5.38. The number of rotatable bonds is 7. The van der Waals surface area contributed by atoms with Gasteiger partial charge >= 0.3 is 5.97 Å². The number of hydrogen-bond acceptors (Lipinski definition) is 5. The minimum Gasteiger partial charge on any atom is -0.463 e. The monoisotopic (exact) mass is 241 g/mol. The fourth-order valence-corrected chi connectivity index (χ4v) is 1.36. The van der Waals surface area contributed by atoms with Crippen LogP contribution in [0.5, 0.6) is 0 Å². The van der Waals surface area contributed by atoms with Gasteiger partial charge in [0.15, 0.2) is 0 Å². The molecule has 7 heteroatoms. The quantitative estimate of drug-likeness (QED) is 0.178. The maximum atomic E-state index is 11.0. The molecular weight excluding hydrogens is 226 g/mol. The molecule has 1 aliphatic heterocycles. The fourth-order valence-electron chi connectivity index (χ4n) is 1.36. The van der Waals surface area contributed by atoms with Crippen LogP contribution in [0.25, 0.3) is 10.4 Å². The van der Waals surface area contributed by atoms with Crippen molar-refractivity contribution in [3.63, 3.8) is 0 Å². The van der Waals surface area contributed by atoms with E-state index in [2.05, 4.69) is 10.0 Å². The third-order valence-electron chi connectivity index (χ3n) is 2.24. The lowest BCUT2D eigenvalue weighted by atomic mass is 10.1. The van der Waals surface area contributed by atoms with Gasteiger partial charge in [-0.15, -0.1) is 0 Å². The first-order chi connectivity index (χ1) is 8.19. The van der Waals surface area contributed by atoms with Crippen molar-refractivity contribution in [2.45, 2.75) is 31.7 Å². The predicted octanol–water partition coefficient (Wildman–Crippen LogP) is 0.934. The Morgan fingerprint density at radius 3 is 3.18 bits per heavy atom. The minimum atomic E-state index is -0.683. The lowest BCUT2D eigenvalue weighted by Gasteiger charge is -2.02. The second kappa shape index (κ2) is 6.90. The van der Waals surface area contributed by atoms with Crippen LogP contribution in [-0.2, 0) is 14.3 Å². The third-order valence-corrected chi connectivity index (χ3v) is 2.24. The SMILES string of the molecule is CCOC(=O)/C=C/[C@@H]1O[C@H]1[C@@H](O)CCN=[N+]=[N-]. The molecule has 0 spiro atoms. The van der Waals surface area contributed by atoms with E-state index in [1.165, 1.54) is 6.08 Å². The number of aliphatic hydroxyl groups excluding tert-OH is 1. The second-order valence-corrected chi connectivity index (χ2v) is 3.49. The van der Waals surface area contributed by atoms with Gasteiger partial charge in [0.05, 0.1) is 12.7 Å². The van der Waals surface area contributed by atoms with Gasteiger partial charge in [0.2, 0.25) is 0 Å². The molecule has 0 bridgehead atoms. The van der Waals surface area contributed by atoms with Crippen LogP contribution >= 0.6 is 0 Å². The highest BCUT2D eigenvalue weighted by atomic mass is 16.6. The van der Waals surface area contributed by atoms with E-state index in [1.807, 2.05) is 0 Å². The average Bonchev–Trinajstić information content (AvgIpc) is 3.06. The number of aliphatic hydroxyl groups is 1. The Kier molecular flexibility index (Phi) is 5.48. The molecule has 1 heterocycles. The van der Waals surface area contributed by atoms with Gasteiger partial charge in [-0.3, -0.25) is 0 Å². The summed E-state index contributed by atoms with van der Waals surface area (Å²) in [4.78, 5) is 13.6. The molecule has 0 unspecified atom stereocenters. The van der Waals surface area contributed by atoms with Crippen molar-refractivity contribution in [2.24, 2.45) is 5.11 Å². The molecule has 0 aromatic heterocycles. The van der Waals surface area contributed by atoms with Crippen molar-refractivity contribution >= 4 is 5.97 Å². The molecule has 0 aromatic carbocycles. The van der Waals surface area contributed by atoms with E-state index in [4.69, 9.17) is 15.0 Å². The summed E-state index contributed by atoms with van der Waals surface area (Å²) in [6.45, 7) is 2.28. The number of ether oxygens (including phenoxy) is 2. The van der Waals surface area contributed by atoms with E-state index in [1.54, 1.807) is 13.0 Å². The Morgan fingerprint density at radius 2 is 2.53 bits per heavy atom. The summed E-state index contributed by atoms with van der Waals surface area (Å²) >= 11 is 0. The normalized spacial score (nSPS) is 24.1. The predicted molar refractivity (Wildman–Crippen MR) is 59.1 cm³/mol. The molecule has 7 nitrogen and oxygen atoms in total. The van der Waals surface area contributed by atoms with Crippen LogP contribution in [0.3, 0.4) is 0 Å². The average molecular weight is 241 g/mol. The van der Waals surface area contributed by atoms with Crippen LogP contribution in [-0.4, -0.2) is 42.5 Å². The van der Waals surface area contributed by atoms with Crippen LogP contribution in [0.1, 0.15) is 13.3 Å². The molecule has 0 aliphatic carbocycles. The summed E-state index contributed by atoms with van der Waals surface area (Å²) in [5, 5.41) is 12.9. The molecule has 94 valence electrons. The van der Waals surface area contributed by atoms with Crippen molar-refractivity contribution in [1.29, 1.82) is 0 Å². The first kappa shape index (κ1) is 13.5. The molecule has 1 N–H and O–H groups in total. The van der Waals surface area contributed by atoms with Crippen molar-refractivity contribution < 1.29 is 19.4 Å². The topological polar surface area (TPSA) is 108 Å². The number of azide groups is 1. The van der Waals surface area contributed by atoms with Gasteiger partial charge in [0.1, 0.15) is 12.2 Å².